The van der Waals surface area contributed by atoms with Gasteiger partial charge in [-0.1, -0.05) is 18.2 Å². The number of hydrogen-bond acceptors (Lipinski definition) is 4. The van der Waals surface area contributed by atoms with E-state index >= 15 is 0 Å². The maximum atomic E-state index is 12.5. The van der Waals surface area contributed by atoms with Crippen LogP contribution in [0.5, 0.6) is 0 Å². The van der Waals surface area contributed by atoms with E-state index in [-0.39, 0.29) is 29.6 Å². The third-order valence-electron chi connectivity index (χ3n) is 4.83. The monoisotopic (exact) mass is 400 g/mol. The van der Waals surface area contributed by atoms with Crippen molar-refractivity contribution in [2.75, 3.05) is 11.9 Å². The molecular formula is C21H24N2O4S. The van der Waals surface area contributed by atoms with Crippen molar-refractivity contribution in [2.45, 2.75) is 43.9 Å². The second kappa shape index (κ2) is 8.67. The van der Waals surface area contributed by atoms with Gasteiger partial charge in [0, 0.05) is 24.2 Å². The van der Waals surface area contributed by atoms with Gasteiger partial charge in [0.2, 0.25) is 15.9 Å². The molecule has 0 saturated heterocycles. The lowest BCUT2D eigenvalue weighted by atomic mass is 9.92. The van der Waals surface area contributed by atoms with Crippen molar-refractivity contribution in [2.24, 2.45) is 0 Å². The average Bonchev–Trinajstić information content (AvgIpc) is 2.67. The van der Waals surface area contributed by atoms with E-state index in [9.17, 15) is 18.0 Å². The molecule has 6 nitrogen and oxygen atoms in total. The lowest BCUT2D eigenvalue weighted by Crippen LogP contribution is -2.28. The first-order valence-corrected chi connectivity index (χ1v) is 10.9. The number of Topliss-reactive ketones (excluding diaryl/α,β-unsaturated/α-hetero) is 1. The van der Waals surface area contributed by atoms with Gasteiger partial charge in [-0.15, -0.1) is 0 Å². The van der Waals surface area contributed by atoms with E-state index in [1.165, 1.54) is 12.5 Å². The zero-order chi connectivity index (χ0) is 20.1. The Morgan fingerprint density at radius 3 is 2.50 bits per heavy atom. The molecule has 0 spiro atoms. The summed E-state index contributed by atoms with van der Waals surface area (Å²) in [5.41, 5.74) is 3.33. The third-order valence-corrected chi connectivity index (χ3v) is 6.29. The van der Waals surface area contributed by atoms with Crippen LogP contribution in [0, 0.1) is 0 Å². The van der Waals surface area contributed by atoms with Crippen LogP contribution < -0.4 is 10.0 Å². The third kappa shape index (κ3) is 5.05. The van der Waals surface area contributed by atoms with Gasteiger partial charge in [-0.3, -0.25) is 9.59 Å². The van der Waals surface area contributed by atoms with E-state index < -0.39 is 10.0 Å². The van der Waals surface area contributed by atoms with E-state index in [2.05, 4.69) is 10.0 Å². The number of hydrogen-bond donors (Lipinski definition) is 2. The number of ketones is 1. The molecule has 0 aromatic heterocycles. The van der Waals surface area contributed by atoms with E-state index in [4.69, 9.17) is 0 Å². The molecule has 7 heteroatoms. The number of carbonyl (C=O) groups excluding carboxylic acids is 2. The quantitative estimate of drug-likeness (QED) is 0.699. The molecule has 28 heavy (non-hydrogen) atoms. The van der Waals surface area contributed by atoms with Crippen LogP contribution in [0.3, 0.4) is 0 Å². The number of aryl methyl sites for hydroxylation is 2. The van der Waals surface area contributed by atoms with Crippen LogP contribution in [0.1, 0.15) is 47.7 Å². The maximum absolute atomic E-state index is 12.5. The Morgan fingerprint density at radius 2 is 1.75 bits per heavy atom. The normalized spacial score (nSPS) is 13.6. The topological polar surface area (TPSA) is 92.3 Å². The lowest BCUT2D eigenvalue weighted by molar-refractivity contribution is -0.116. The first-order valence-electron chi connectivity index (χ1n) is 9.37. The Hall–Kier alpha value is -2.51. The van der Waals surface area contributed by atoms with Crippen LogP contribution >= 0.6 is 0 Å². The van der Waals surface area contributed by atoms with Gasteiger partial charge in [-0.2, -0.15) is 0 Å². The Kier molecular flexibility index (Phi) is 6.26. The van der Waals surface area contributed by atoms with Crippen LogP contribution in [0.15, 0.2) is 47.4 Å². The molecule has 0 saturated carbocycles. The predicted octanol–water partition coefficient (Wildman–Crippen LogP) is 3.08. The molecule has 2 aromatic rings. The minimum absolute atomic E-state index is 0.00233. The summed E-state index contributed by atoms with van der Waals surface area (Å²) in [6, 6.07) is 11.9. The highest BCUT2D eigenvalue weighted by Gasteiger charge is 2.18. The second-order valence-electron chi connectivity index (χ2n) is 6.97. The first kappa shape index (κ1) is 20.2. The first-order chi connectivity index (χ1) is 13.3. The van der Waals surface area contributed by atoms with Gasteiger partial charge in [0.15, 0.2) is 5.78 Å². The predicted molar refractivity (Wildman–Crippen MR) is 108 cm³/mol. The van der Waals surface area contributed by atoms with Crippen LogP contribution in [0.2, 0.25) is 0 Å². The number of rotatable bonds is 7. The summed E-state index contributed by atoms with van der Waals surface area (Å²) >= 11 is 0. The van der Waals surface area contributed by atoms with Gasteiger partial charge in [0.25, 0.3) is 0 Å². The summed E-state index contributed by atoms with van der Waals surface area (Å²) in [7, 11) is -3.65. The highest BCUT2D eigenvalue weighted by molar-refractivity contribution is 7.89. The standard InChI is InChI=1S/C21H24N2O4S/c1-15(24)17-7-4-8-19(13-17)23-21(25)11-12-22-28(26,27)20-10-9-16-5-2-3-6-18(16)14-20/h4,7-10,13-14,22H,2-3,5-6,11-12H2,1H3,(H,23,25). The van der Waals surface area contributed by atoms with Crippen LogP contribution in [-0.4, -0.2) is 26.7 Å². The molecular weight excluding hydrogens is 376 g/mol. The Balaban J connectivity index is 1.56. The number of amides is 1. The molecule has 0 fully saturated rings. The van der Waals surface area contributed by atoms with Crippen molar-refractivity contribution < 1.29 is 18.0 Å². The molecule has 1 amide bonds. The molecule has 0 radical (unpaired) electrons. The fraction of sp³-hybridized carbons (Fsp3) is 0.333. The van der Waals surface area contributed by atoms with Crippen molar-refractivity contribution in [3.8, 4) is 0 Å². The van der Waals surface area contributed by atoms with E-state index in [1.54, 1.807) is 36.4 Å². The summed E-state index contributed by atoms with van der Waals surface area (Å²) in [5, 5.41) is 2.68. The summed E-state index contributed by atoms with van der Waals surface area (Å²) in [4.78, 5) is 23.7. The van der Waals surface area contributed by atoms with E-state index in [0.717, 1.165) is 31.2 Å². The van der Waals surface area contributed by atoms with Gasteiger partial charge in [0.1, 0.15) is 0 Å². The van der Waals surface area contributed by atoms with Crippen molar-refractivity contribution >= 4 is 27.4 Å². The van der Waals surface area contributed by atoms with Crippen molar-refractivity contribution in [3.63, 3.8) is 0 Å². The Labute approximate surface area is 165 Å². The molecule has 3 rings (SSSR count). The SMILES string of the molecule is CC(=O)c1cccc(NC(=O)CCNS(=O)(=O)c2ccc3c(c2)CCCC3)c1. The van der Waals surface area contributed by atoms with Crippen LogP contribution in [-0.2, 0) is 27.7 Å². The number of carbonyl (C=O) groups is 2. The highest BCUT2D eigenvalue weighted by Crippen LogP contribution is 2.24. The zero-order valence-corrected chi connectivity index (χ0v) is 16.6. The highest BCUT2D eigenvalue weighted by atomic mass is 32.2. The summed E-state index contributed by atoms with van der Waals surface area (Å²) in [6.45, 7) is 1.45. The minimum Gasteiger partial charge on any atom is -0.326 e. The summed E-state index contributed by atoms with van der Waals surface area (Å²) in [6.07, 6.45) is 4.11. The molecule has 1 aliphatic rings. The molecule has 2 N–H and O–H groups in total. The lowest BCUT2D eigenvalue weighted by Gasteiger charge is -2.16. The molecule has 0 atom stereocenters. The number of benzene rings is 2. The molecule has 2 aromatic carbocycles. The van der Waals surface area contributed by atoms with Gasteiger partial charge in [-0.25, -0.2) is 13.1 Å². The Bertz CT molecular complexity index is 999. The van der Waals surface area contributed by atoms with Crippen molar-refractivity contribution in [1.82, 2.24) is 4.72 Å². The fourth-order valence-electron chi connectivity index (χ4n) is 3.30. The minimum atomic E-state index is -3.65. The van der Waals surface area contributed by atoms with Gasteiger partial charge in [-0.05, 0) is 68.0 Å². The number of sulfonamides is 1. The van der Waals surface area contributed by atoms with Crippen LogP contribution in [0.25, 0.3) is 0 Å². The van der Waals surface area contributed by atoms with E-state index in [1.807, 2.05) is 6.07 Å². The average molecular weight is 401 g/mol. The molecule has 0 bridgehead atoms. The molecule has 0 unspecified atom stereocenters. The second-order valence-corrected chi connectivity index (χ2v) is 8.74. The Morgan fingerprint density at radius 1 is 1.00 bits per heavy atom. The largest absolute Gasteiger partial charge is 0.326 e. The zero-order valence-electron chi connectivity index (χ0n) is 15.8. The van der Waals surface area contributed by atoms with Gasteiger partial charge < -0.3 is 5.32 Å². The maximum Gasteiger partial charge on any atom is 0.240 e. The van der Waals surface area contributed by atoms with Crippen LogP contribution in [0.4, 0.5) is 5.69 Å². The van der Waals surface area contributed by atoms with E-state index in [0.29, 0.717) is 11.3 Å². The smallest absolute Gasteiger partial charge is 0.240 e. The molecule has 148 valence electrons. The van der Waals surface area contributed by atoms with Gasteiger partial charge in [0.05, 0.1) is 4.90 Å². The van der Waals surface area contributed by atoms with Crippen molar-refractivity contribution in [3.05, 3.63) is 59.2 Å². The summed E-state index contributed by atoms with van der Waals surface area (Å²) in [5.74, 6) is -0.414. The molecule has 1 aliphatic carbocycles. The number of fused-ring (bicyclic) bond motifs is 1. The van der Waals surface area contributed by atoms with Crippen molar-refractivity contribution in [1.29, 1.82) is 0 Å². The number of nitrogens with one attached hydrogen (secondary N) is 2. The molecule has 0 aliphatic heterocycles. The number of anilines is 1. The summed E-state index contributed by atoms with van der Waals surface area (Å²) < 4.78 is 27.5. The fourth-order valence-corrected chi connectivity index (χ4v) is 4.38. The van der Waals surface area contributed by atoms with Gasteiger partial charge >= 0.3 is 0 Å². The molecule has 0 heterocycles.